The van der Waals surface area contributed by atoms with E-state index >= 15 is 0 Å². The number of nitrogens with zero attached hydrogens (tertiary/aromatic N) is 2. The summed E-state index contributed by atoms with van der Waals surface area (Å²) < 4.78 is 13.4. The molecule has 2 N–H and O–H groups in total. The number of halogens is 1. The topological polar surface area (TPSA) is 62.3 Å². The summed E-state index contributed by atoms with van der Waals surface area (Å²) >= 11 is 3.60. The van der Waals surface area contributed by atoms with Gasteiger partial charge in [0.05, 0.1) is 21.9 Å². The normalized spacial score (nSPS) is 13.3. The van der Waals surface area contributed by atoms with Crippen LogP contribution in [0, 0.1) is 0 Å². The number of ether oxygens (including phenoxy) is 2. The Morgan fingerprint density at radius 1 is 1.33 bits per heavy atom. The molecule has 0 aliphatic carbocycles. The molecule has 0 bridgehead atoms. The number of rotatable bonds is 7. The molecule has 0 spiro atoms. The third kappa shape index (κ3) is 3.32. The molecule has 5 nitrogen and oxygen atoms in total. The molecule has 0 aliphatic rings. The standard InChI is InChI=1S/C12H22BrN3O2/c1-5-9-11(13)10(16(6-2)15-9)7-8(14)12(17-3)18-4/h8,12H,5-7,14H2,1-4H3. The fraction of sp³-hybridized carbons (Fsp3) is 0.750. The Bertz CT molecular complexity index is 378. The van der Waals surface area contributed by atoms with E-state index in [2.05, 4.69) is 34.9 Å². The van der Waals surface area contributed by atoms with Gasteiger partial charge in [-0.05, 0) is 29.3 Å². The highest BCUT2D eigenvalue weighted by Gasteiger charge is 2.22. The maximum Gasteiger partial charge on any atom is 0.172 e. The lowest BCUT2D eigenvalue weighted by Gasteiger charge is -2.21. The Hall–Kier alpha value is -0.430. The van der Waals surface area contributed by atoms with Gasteiger partial charge >= 0.3 is 0 Å². The Morgan fingerprint density at radius 2 is 1.94 bits per heavy atom. The molecule has 1 rings (SSSR count). The average Bonchev–Trinajstić information content (AvgIpc) is 2.68. The highest BCUT2D eigenvalue weighted by atomic mass is 79.9. The SMILES string of the molecule is CCc1nn(CC)c(CC(N)C(OC)OC)c1Br. The lowest BCUT2D eigenvalue weighted by Crippen LogP contribution is -2.39. The third-order valence-corrected chi connectivity index (χ3v) is 3.85. The smallest absolute Gasteiger partial charge is 0.172 e. The molecule has 0 aliphatic heterocycles. The first-order chi connectivity index (χ1) is 8.58. The number of hydrogen-bond acceptors (Lipinski definition) is 4. The first kappa shape index (κ1) is 15.6. The Morgan fingerprint density at radius 3 is 2.39 bits per heavy atom. The van der Waals surface area contributed by atoms with Crippen molar-refractivity contribution in [3.8, 4) is 0 Å². The van der Waals surface area contributed by atoms with Crippen LogP contribution in [0.2, 0.25) is 0 Å². The largest absolute Gasteiger partial charge is 0.354 e. The van der Waals surface area contributed by atoms with Gasteiger partial charge in [-0.1, -0.05) is 6.92 Å². The van der Waals surface area contributed by atoms with Gasteiger partial charge in [-0.25, -0.2) is 0 Å². The number of nitrogens with two attached hydrogens (primary N) is 1. The Kier molecular flexibility index (Phi) is 6.28. The fourth-order valence-electron chi connectivity index (χ4n) is 1.98. The van der Waals surface area contributed by atoms with Crippen LogP contribution in [-0.4, -0.2) is 36.3 Å². The van der Waals surface area contributed by atoms with E-state index in [-0.39, 0.29) is 6.04 Å². The monoisotopic (exact) mass is 319 g/mol. The maximum atomic E-state index is 6.10. The van der Waals surface area contributed by atoms with Crippen molar-refractivity contribution in [2.45, 2.75) is 45.6 Å². The molecule has 0 aromatic carbocycles. The van der Waals surface area contributed by atoms with Crippen molar-refractivity contribution in [2.75, 3.05) is 14.2 Å². The van der Waals surface area contributed by atoms with E-state index in [1.807, 2.05) is 4.68 Å². The molecule has 18 heavy (non-hydrogen) atoms. The average molecular weight is 320 g/mol. The van der Waals surface area contributed by atoms with Crippen LogP contribution in [0.5, 0.6) is 0 Å². The van der Waals surface area contributed by atoms with Crippen LogP contribution in [-0.2, 0) is 28.9 Å². The number of methoxy groups -OCH3 is 2. The minimum absolute atomic E-state index is 0.219. The zero-order valence-corrected chi connectivity index (χ0v) is 13.0. The molecule has 104 valence electrons. The van der Waals surface area contributed by atoms with E-state index in [4.69, 9.17) is 15.2 Å². The minimum atomic E-state index is -0.401. The Labute approximate surface area is 117 Å². The molecule has 1 aromatic heterocycles. The van der Waals surface area contributed by atoms with Gasteiger partial charge in [0.1, 0.15) is 0 Å². The van der Waals surface area contributed by atoms with Gasteiger partial charge in [0.15, 0.2) is 6.29 Å². The van der Waals surface area contributed by atoms with Crippen LogP contribution in [0.15, 0.2) is 4.47 Å². The predicted octanol–water partition coefficient (Wildman–Crippen LogP) is 1.72. The summed E-state index contributed by atoms with van der Waals surface area (Å²) in [7, 11) is 3.19. The van der Waals surface area contributed by atoms with E-state index < -0.39 is 6.29 Å². The lowest BCUT2D eigenvalue weighted by molar-refractivity contribution is -0.116. The zero-order valence-electron chi connectivity index (χ0n) is 11.4. The molecule has 6 heteroatoms. The van der Waals surface area contributed by atoms with Gasteiger partial charge in [-0.3, -0.25) is 4.68 Å². The van der Waals surface area contributed by atoms with E-state index in [0.29, 0.717) is 6.42 Å². The number of hydrogen-bond donors (Lipinski definition) is 1. The van der Waals surface area contributed by atoms with Gasteiger partial charge in [0.2, 0.25) is 0 Å². The van der Waals surface area contributed by atoms with Crippen LogP contribution in [0.25, 0.3) is 0 Å². The van der Waals surface area contributed by atoms with Crippen LogP contribution < -0.4 is 5.73 Å². The zero-order chi connectivity index (χ0) is 13.7. The van der Waals surface area contributed by atoms with E-state index in [1.54, 1.807) is 14.2 Å². The molecular weight excluding hydrogens is 298 g/mol. The summed E-state index contributed by atoms with van der Waals surface area (Å²) in [6.45, 7) is 4.98. The molecule has 0 saturated heterocycles. The fourth-order valence-corrected chi connectivity index (χ4v) is 2.70. The summed E-state index contributed by atoms with van der Waals surface area (Å²) in [6, 6.07) is -0.219. The second-order valence-electron chi connectivity index (χ2n) is 4.08. The number of aromatic nitrogens is 2. The van der Waals surface area contributed by atoms with Gasteiger partial charge in [-0.15, -0.1) is 0 Å². The predicted molar refractivity (Wildman–Crippen MR) is 74.5 cm³/mol. The van der Waals surface area contributed by atoms with Crippen molar-refractivity contribution < 1.29 is 9.47 Å². The highest BCUT2D eigenvalue weighted by molar-refractivity contribution is 9.10. The van der Waals surface area contributed by atoms with Crippen LogP contribution >= 0.6 is 15.9 Å². The molecule has 0 amide bonds. The first-order valence-corrected chi connectivity index (χ1v) is 6.93. The molecule has 0 radical (unpaired) electrons. The van der Waals surface area contributed by atoms with E-state index in [0.717, 1.165) is 28.8 Å². The molecule has 1 atom stereocenters. The molecule has 1 aromatic rings. The van der Waals surface area contributed by atoms with Crippen LogP contribution in [0.4, 0.5) is 0 Å². The quantitative estimate of drug-likeness (QED) is 0.777. The lowest BCUT2D eigenvalue weighted by atomic mass is 10.1. The minimum Gasteiger partial charge on any atom is -0.354 e. The summed E-state index contributed by atoms with van der Waals surface area (Å²) in [5, 5.41) is 4.54. The first-order valence-electron chi connectivity index (χ1n) is 6.14. The summed E-state index contributed by atoms with van der Waals surface area (Å²) in [5.74, 6) is 0. The van der Waals surface area contributed by atoms with E-state index in [9.17, 15) is 0 Å². The third-order valence-electron chi connectivity index (χ3n) is 2.94. The van der Waals surface area contributed by atoms with Crippen molar-refractivity contribution >= 4 is 15.9 Å². The van der Waals surface area contributed by atoms with Gasteiger partial charge in [0, 0.05) is 27.2 Å². The van der Waals surface area contributed by atoms with E-state index in [1.165, 1.54) is 0 Å². The second kappa shape index (κ2) is 7.23. The van der Waals surface area contributed by atoms with Crippen LogP contribution in [0.3, 0.4) is 0 Å². The number of aryl methyl sites for hydroxylation is 2. The van der Waals surface area contributed by atoms with Gasteiger partial charge in [0.25, 0.3) is 0 Å². The molecule has 0 fully saturated rings. The van der Waals surface area contributed by atoms with Crippen molar-refractivity contribution in [3.05, 3.63) is 15.9 Å². The molecule has 0 saturated carbocycles. The van der Waals surface area contributed by atoms with Gasteiger partial charge < -0.3 is 15.2 Å². The van der Waals surface area contributed by atoms with Crippen molar-refractivity contribution in [1.29, 1.82) is 0 Å². The molecular formula is C12H22BrN3O2. The highest BCUT2D eigenvalue weighted by Crippen LogP contribution is 2.24. The second-order valence-corrected chi connectivity index (χ2v) is 4.88. The van der Waals surface area contributed by atoms with Gasteiger partial charge in [-0.2, -0.15) is 5.10 Å². The van der Waals surface area contributed by atoms with Crippen molar-refractivity contribution in [2.24, 2.45) is 5.73 Å². The summed E-state index contributed by atoms with van der Waals surface area (Å²) in [4.78, 5) is 0. The molecule has 1 heterocycles. The Balaban J connectivity index is 2.92. The van der Waals surface area contributed by atoms with Crippen molar-refractivity contribution in [1.82, 2.24) is 9.78 Å². The summed E-state index contributed by atoms with van der Waals surface area (Å²) in [6.07, 6.45) is 1.16. The van der Waals surface area contributed by atoms with Crippen molar-refractivity contribution in [3.63, 3.8) is 0 Å². The maximum absolute atomic E-state index is 6.10. The molecule has 1 unspecified atom stereocenters. The van der Waals surface area contributed by atoms with Crippen LogP contribution in [0.1, 0.15) is 25.2 Å². The summed E-state index contributed by atoms with van der Waals surface area (Å²) in [5.41, 5.74) is 8.26.